The summed E-state index contributed by atoms with van der Waals surface area (Å²) in [5, 5.41) is 6.61. The molecule has 6 nitrogen and oxygen atoms in total. The third-order valence-electron chi connectivity index (χ3n) is 4.83. The molecule has 28 heavy (non-hydrogen) atoms. The fourth-order valence-corrected chi connectivity index (χ4v) is 6.27. The van der Waals surface area contributed by atoms with Gasteiger partial charge in [-0.3, -0.25) is 14.5 Å². The van der Waals surface area contributed by atoms with E-state index in [0.29, 0.717) is 26.2 Å². The van der Waals surface area contributed by atoms with Crippen LogP contribution in [0.15, 0.2) is 24.3 Å². The lowest BCUT2D eigenvalue weighted by Gasteiger charge is -2.25. The predicted molar refractivity (Wildman–Crippen MR) is 118 cm³/mol. The fourth-order valence-electron chi connectivity index (χ4n) is 3.25. The van der Waals surface area contributed by atoms with Gasteiger partial charge in [0, 0.05) is 41.9 Å². The molecule has 2 saturated heterocycles. The molecule has 154 valence electrons. The van der Waals surface area contributed by atoms with Crippen molar-refractivity contribution < 1.29 is 14.3 Å². The third kappa shape index (κ3) is 7.66. The highest BCUT2D eigenvalue weighted by Crippen LogP contribution is 2.39. The van der Waals surface area contributed by atoms with Crippen LogP contribution in [-0.4, -0.2) is 60.6 Å². The van der Waals surface area contributed by atoms with Crippen LogP contribution >= 0.6 is 21.6 Å². The van der Waals surface area contributed by atoms with Crippen molar-refractivity contribution in [2.24, 2.45) is 0 Å². The lowest BCUT2D eigenvalue weighted by Crippen LogP contribution is -2.41. The van der Waals surface area contributed by atoms with Crippen LogP contribution in [0.1, 0.15) is 32.1 Å². The van der Waals surface area contributed by atoms with Crippen LogP contribution in [0.2, 0.25) is 0 Å². The molecule has 1 atom stereocenters. The second-order valence-corrected chi connectivity index (χ2v) is 9.92. The summed E-state index contributed by atoms with van der Waals surface area (Å²) < 4.78 is 5.29. The maximum Gasteiger partial charge on any atom is 0.238 e. The number of amides is 2. The van der Waals surface area contributed by atoms with Crippen molar-refractivity contribution in [2.45, 2.75) is 37.4 Å². The normalized spacial score (nSPS) is 20.1. The van der Waals surface area contributed by atoms with E-state index in [4.69, 9.17) is 4.74 Å². The molecule has 2 heterocycles. The average molecular weight is 424 g/mol. The van der Waals surface area contributed by atoms with E-state index in [1.807, 2.05) is 45.9 Å². The number of hydrogen-bond donors (Lipinski definition) is 2. The number of nitrogens with zero attached hydrogens (tertiary/aromatic N) is 1. The Morgan fingerprint density at radius 3 is 2.36 bits per heavy atom. The molecule has 0 spiro atoms. The molecule has 0 saturated carbocycles. The van der Waals surface area contributed by atoms with Crippen LogP contribution in [0, 0.1) is 0 Å². The molecule has 2 fully saturated rings. The molecule has 2 aliphatic heterocycles. The fraction of sp³-hybridized carbons (Fsp3) is 0.600. The van der Waals surface area contributed by atoms with Gasteiger partial charge in [0.1, 0.15) is 0 Å². The molecule has 2 N–H and O–H groups in total. The van der Waals surface area contributed by atoms with Gasteiger partial charge in [-0.05, 0) is 43.5 Å². The van der Waals surface area contributed by atoms with Crippen molar-refractivity contribution in [3.8, 4) is 0 Å². The summed E-state index contributed by atoms with van der Waals surface area (Å²) in [6, 6.07) is 7.30. The van der Waals surface area contributed by atoms with Crippen molar-refractivity contribution in [3.05, 3.63) is 24.3 Å². The van der Waals surface area contributed by atoms with E-state index in [0.717, 1.165) is 42.6 Å². The van der Waals surface area contributed by atoms with Crippen molar-refractivity contribution in [3.63, 3.8) is 0 Å². The molecule has 2 amide bonds. The Bertz CT molecular complexity index is 630. The molecule has 0 bridgehead atoms. The highest BCUT2D eigenvalue weighted by Gasteiger charge is 2.16. The lowest BCUT2D eigenvalue weighted by molar-refractivity contribution is -0.118. The Hall–Kier alpha value is -1.22. The Morgan fingerprint density at radius 1 is 1.04 bits per heavy atom. The van der Waals surface area contributed by atoms with Gasteiger partial charge in [-0.2, -0.15) is 0 Å². The van der Waals surface area contributed by atoms with Gasteiger partial charge in [0.05, 0.1) is 19.8 Å². The first-order valence-electron chi connectivity index (χ1n) is 9.97. The Kier molecular flexibility index (Phi) is 8.98. The van der Waals surface area contributed by atoms with Gasteiger partial charge in [-0.15, -0.1) is 0 Å². The first-order valence-corrected chi connectivity index (χ1v) is 12.4. The number of unbranched alkanes of at least 4 members (excludes halogenated alkanes) is 1. The smallest absolute Gasteiger partial charge is 0.238 e. The Labute approximate surface area is 174 Å². The number of benzene rings is 1. The second-order valence-electron chi connectivity index (χ2n) is 7.14. The number of nitrogens with one attached hydrogen (secondary N) is 2. The Morgan fingerprint density at radius 2 is 1.71 bits per heavy atom. The lowest BCUT2D eigenvalue weighted by atomic mass is 10.1. The van der Waals surface area contributed by atoms with Gasteiger partial charge in [0.25, 0.3) is 0 Å². The molecule has 0 aliphatic carbocycles. The topological polar surface area (TPSA) is 70.7 Å². The molecule has 2 aliphatic rings. The van der Waals surface area contributed by atoms with Crippen LogP contribution in [0.25, 0.3) is 0 Å². The summed E-state index contributed by atoms with van der Waals surface area (Å²) in [6.07, 6.45) is 5.12. The van der Waals surface area contributed by atoms with Gasteiger partial charge in [-0.25, -0.2) is 0 Å². The van der Waals surface area contributed by atoms with Crippen LogP contribution in [0.5, 0.6) is 0 Å². The van der Waals surface area contributed by atoms with Crippen molar-refractivity contribution >= 4 is 44.8 Å². The first kappa shape index (κ1) is 21.5. The standard InChI is InChI=1S/C20H29N3O3S2/c24-19(4-2-1-3-18-9-14-27-28-18)21-16-5-7-17(8-6-16)22-20(25)15-23-10-12-26-13-11-23/h5-8,18H,1-4,9-15H2,(H,21,24)(H,22,25). The molecule has 1 unspecified atom stereocenters. The first-order chi connectivity index (χ1) is 13.7. The maximum absolute atomic E-state index is 12.1. The minimum absolute atomic E-state index is 0.0301. The highest BCUT2D eigenvalue weighted by molar-refractivity contribution is 8.77. The number of ether oxygens (including phenoxy) is 1. The predicted octanol–water partition coefficient (Wildman–Crippen LogP) is 3.61. The highest BCUT2D eigenvalue weighted by atomic mass is 33.1. The van der Waals surface area contributed by atoms with Gasteiger partial charge < -0.3 is 15.4 Å². The zero-order valence-corrected chi connectivity index (χ0v) is 17.8. The van der Waals surface area contributed by atoms with Gasteiger partial charge in [0.2, 0.25) is 11.8 Å². The summed E-state index contributed by atoms with van der Waals surface area (Å²) >= 11 is 0. The van der Waals surface area contributed by atoms with E-state index >= 15 is 0 Å². The monoisotopic (exact) mass is 423 g/mol. The second kappa shape index (κ2) is 11.7. The Balaban J connectivity index is 1.32. The number of rotatable bonds is 9. The van der Waals surface area contributed by atoms with Crippen LogP contribution in [-0.2, 0) is 14.3 Å². The van der Waals surface area contributed by atoms with E-state index in [2.05, 4.69) is 15.5 Å². The number of morpholine rings is 1. The summed E-state index contributed by atoms with van der Waals surface area (Å²) in [7, 11) is 3.96. The summed E-state index contributed by atoms with van der Waals surface area (Å²) in [5.41, 5.74) is 1.50. The molecular formula is C20H29N3O3S2. The van der Waals surface area contributed by atoms with E-state index in [1.54, 1.807) is 0 Å². The van der Waals surface area contributed by atoms with Crippen molar-refractivity contribution in [1.82, 2.24) is 4.90 Å². The van der Waals surface area contributed by atoms with E-state index < -0.39 is 0 Å². The molecule has 3 rings (SSSR count). The molecule has 0 radical (unpaired) electrons. The quantitative estimate of drug-likeness (QED) is 0.467. The largest absolute Gasteiger partial charge is 0.379 e. The van der Waals surface area contributed by atoms with E-state index in [1.165, 1.54) is 18.6 Å². The zero-order valence-electron chi connectivity index (χ0n) is 16.2. The van der Waals surface area contributed by atoms with Crippen molar-refractivity contribution in [1.29, 1.82) is 0 Å². The van der Waals surface area contributed by atoms with Crippen LogP contribution in [0.3, 0.4) is 0 Å². The molecule has 8 heteroatoms. The molecule has 1 aromatic rings. The number of carbonyl (C=O) groups excluding carboxylic acids is 2. The van der Waals surface area contributed by atoms with Crippen molar-refractivity contribution in [2.75, 3.05) is 49.2 Å². The van der Waals surface area contributed by atoms with Gasteiger partial charge in [0.15, 0.2) is 0 Å². The minimum Gasteiger partial charge on any atom is -0.379 e. The van der Waals surface area contributed by atoms with E-state index in [-0.39, 0.29) is 11.8 Å². The number of carbonyl (C=O) groups is 2. The summed E-state index contributed by atoms with van der Waals surface area (Å²) in [6.45, 7) is 3.31. The maximum atomic E-state index is 12.1. The number of anilines is 2. The minimum atomic E-state index is -0.0301. The summed E-state index contributed by atoms with van der Waals surface area (Å²) in [5.74, 6) is 1.29. The van der Waals surface area contributed by atoms with Crippen LogP contribution in [0.4, 0.5) is 11.4 Å². The van der Waals surface area contributed by atoms with Crippen LogP contribution < -0.4 is 10.6 Å². The van der Waals surface area contributed by atoms with Gasteiger partial charge in [-0.1, -0.05) is 28.0 Å². The zero-order chi connectivity index (χ0) is 19.6. The summed E-state index contributed by atoms with van der Waals surface area (Å²) in [4.78, 5) is 26.3. The molecule has 0 aromatic heterocycles. The number of hydrogen-bond acceptors (Lipinski definition) is 6. The van der Waals surface area contributed by atoms with E-state index in [9.17, 15) is 9.59 Å². The average Bonchev–Trinajstić information content (AvgIpc) is 3.21. The van der Waals surface area contributed by atoms with Gasteiger partial charge >= 0.3 is 0 Å². The molecular weight excluding hydrogens is 394 g/mol. The third-order valence-corrected chi connectivity index (χ3v) is 7.84. The molecule has 1 aromatic carbocycles. The SMILES string of the molecule is O=C(CCCCC1CCSS1)Nc1ccc(NC(=O)CN2CCOCC2)cc1.